The van der Waals surface area contributed by atoms with Gasteiger partial charge in [0, 0.05) is 18.0 Å². The molecular weight excluding hydrogens is 236 g/mol. The van der Waals surface area contributed by atoms with Gasteiger partial charge >= 0.3 is 0 Å². The summed E-state index contributed by atoms with van der Waals surface area (Å²) >= 11 is 1.26. The first-order valence-corrected chi connectivity index (χ1v) is 6.16. The molecule has 0 spiro atoms. The number of nitrogens with two attached hydrogens (primary N) is 1. The number of nitrogens with one attached hydrogen (secondary N) is 1. The molecule has 0 radical (unpaired) electrons. The fourth-order valence-corrected chi connectivity index (χ4v) is 2.38. The standard InChI is InChI=1S/C11H12N4OS/c12-10-14-11(17-15-10)13-6-8-5-7-3-1-2-4-9(7)16-8/h1-4,8H,5-6H2,(H3,12,13,14,15). The number of anilines is 2. The molecule has 1 atom stereocenters. The van der Waals surface area contributed by atoms with Crippen molar-refractivity contribution in [1.29, 1.82) is 0 Å². The van der Waals surface area contributed by atoms with Crippen LogP contribution in [0.2, 0.25) is 0 Å². The number of benzene rings is 1. The molecule has 6 heteroatoms. The summed E-state index contributed by atoms with van der Waals surface area (Å²) in [5.74, 6) is 1.30. The van der Waals surface area contributed by atoms with Crippen molar-refractivity contribution in [3.05, 3.63) is 29.8 Å². The van der Waals surface area contributed by atoms with E-state index in [0.717, 1.165) is 17.3 Å². The molecule has 1 unspecified atom stereocenters. The minimum Gasteiger partial charge on any atom is -0.488 e. The van der Waals surface area contributed by atoms with E-state index in [1.165, 1.54) is 17.1 Å². The first-order chi connectivity index (χ1) is 8.31. The van der Waals surface area contributed by atoms with Crippen LogP contribution in [-0.2, 0) is 6.42 Å². The Morgan fingerprint density at radius 3 is 3.12 bits per heavy atom. The van der Waals surface area contributed by atoms with Gasteiger partial charge < -0.3 is 15.8 Å². The number of rotatable bonds is 3. The number of nitrogens with zero attached hydrogens (tertiary/aromatic N) is 2. The van der Waals surface area contributed by atoms with Crippen LogP contribution >= 0.6 is 11.5 Å². The molecule has 0 amide bonds. The Balaban J connectivity index is 1.59. The molecule has 0 aliphatic carbocycles. The van der Waals surface area contributed by atoms with Crippen LogP contribution in [0.5, 0.6) is 5.75 Å². The fourth-order valence-electron chi connectivity index (χ4n) is 1.88. The summed E-state index contributed by atoms with van der Waals surface area (Å²) in [6.07, 6.45) is 1.08. The lowest BCUT2D eigenvalue weighted by Gasteiger charge is -2.10. The van der Waals surface area contributed by atoms with E-state index < -0.39 is 0 Å². The molecule has 0 saturated heterocycles. The number of aromatic nitrogens is 2. The Morgan fingerprint density at radius 1 is 1.47 bits per heavy atom. The monoisotopic (exact) mass is 248 g/mol. The van der Waals surface area contributed by atoms with E-state index in [4.69, 9.17) is 10.5 Å². The third-order valence-electron chi connectivity index (χ3n) is 2.64. The van der Waals surface area contributed by atoms with Gasteiger partial charge in [0.05, 0.1) is 6.54 Å². The molecule has 1 aromatic carbocycles. The zero-order valence-electron chi connectivity index (χ0n) is 9.09. The average molecular weight is 248 g/mol. The summed E-state index contributed by atoms with van der Waals surface area (Å²) < 4.78 is 9.70. The smallest absolute Gasteiger partial charge is 0.233 e. The van der Waals surface area contributed by atoms with Crippen molar-refractivity contribution in [2.45, 2.75) is 12.5 Å². The molecule has 3 N–H and O–H groups in total. The van der Waals surface area contributed by atoms with E-state index >= 15 is 0 Å². The van der Waals surface area contributed by atoms with Crippen molar-refractivity contribution < 1.29 is 4.74 Å². The van der Waals surface area contributed by atoms with Crippen LogP contribution < -0.4 is 15.8 Å². The molecule has 3 rings (SSSR count). The maximum atomic E-state index is 5.80. The molecule has 2 heterocycles. The number of nitrogen functional groups attached to an aromatic ring is 1. The number of ether oxygens (including phenoxy) is 1. The van der Waals surface area contributed by atoms with Gasteiger partial charge in [-0.15, -0.1) is 0 Å². The largest absolute Gasteiger partial charge is 0.488 e. The molecule has 1 aliphatic rings. The summed E-state index contributed by atoms with van der Waals surface area (Å²) in [4.78, 5) is 4.04. The van der Waals surface area contributed by atoms with Gasteiger partial charge in [-0.05, 0) is 11.6 Å². The summed E-state index contributed by atoms with van der Waals surface area (Å²) in [6.45, 7) is 0.712. The molecule has 0 saturated carbocycles. The van der Waals surface area contributed by atoms with Gasteiger partial charge in [-0.3, -0.25) is 0 Å². The van der Waals surface area contributed by atoms with E-state index in [2.05, 4.69) is 20.7 Å². The molecule has 5 nitrogen and oxygen atoms in total. The Bertz CT molecular complexity index is 503. The van der Waals surface area contributed by atoms with Crippen LogP contribution in [0.3, 0.4) is 0 Å². The third kappa shape index (κ3) is 2.16. The SMILES string of the molecule is Nc1nsc(NCC2Cc3ccccc3O2)n1. The molecule has 88 valence electrons. The highest BCUT2D eigenvalue weighted by atomic mass is 32.1. The molecule has 17 heavy (non-hydrogen) atoms. The highest BCUT2D eigenvalue weighted by molar-refractivity contribution is 7.09. The first-order valence-electron chi connectivity index (χ1n) is 5.39. The summed E-state index contributed by atoms with van der Waals surface area (Å²) in [6, 6.07) is 8.11. The second kappa shape index (κ2) is 4.21. The number of hydrogen-bond donors (Lipinski definition) is 2. The molecule has 0 fully saturated rings. The molecule has 1 aliphatic heterocycles. The van der Waals surface area contributed by atoms with Gasteiger partial charge in [0.2, 0.25) is 11.1 Å². The summed E-state index contributed by atoms with van der Waals surface area (Å²) in [5, 5.41) is 3.92. The van der Waals surface area contributed by atoms with Crippen molar-refractivity contribution in [2.75, 3.05) is 17.6 Å². The lowest BCUT2D eigenvalue weighted by Crippen LogP contribution is -2.23. The maximum absolute atomic E-state index is 5.80. The minimum absolute atomic E-state index is 0.150. The summed E-state index contributed by atoms with van der Waals surface area (Å²) in [5.41, 5.74) is 6.71. The van der Waals surface area contributed by atoms with Gasteiger partial charge in [-0.25, -0.2) is 0 Å². The molecule has 0 bridgehead atoms. The van der Waals surface area contributed by atoms with Crippen molar-refractivity contribution in [1.82, 2.24) is 9.36 Å². The Hall–Kier alpha value is -1.82. The van der Waals surface area contributed by atoms with E-state index in [1.807, 2.05) is 18.2 Å². The van der Waals surface area contributed by atoms with E-state index in [1.54, 1.807) is 0 Å². The van der Waals surface area contributed by atoms with Gasteiger partial charge in [-0.2, -0.15) is 9.36 Å². The van der Waals surface area contributed by atoms with Crippen LogP contribution in [0.25, 0.3) is 0 Å². The quantitative estimate of drug-likeness (QED) is 0.862. The average Bonchev–Trinajstić information content (AvgIpc) is 2.91. The van der Waals surface area contributed by atoms with Gasteiger partial charge in [0.25, 0.3) is 0 Å². The second-order valence-electron chi connectivity index (χ2n) is 3.89. The lowest BCUT2D eigenvalue weighted by atomic mass is 10.1. The van der Waals surface area contributed by atoms with Crippen LogP contribution in [0.1, 0.15) is 5.56 Å². The Labute approximate surface area is 103 Å². The van der Waals surface area contributed by atoms with Crippen LogP contribution in [0, 0.1) is 0 Å². The van der Waals surface area contributed by atoms with Crippen LogP contribution in [0.4, 0.5) is 11.1 Å². The number of para-hydroxylation sites is 1. The topological polar surface area (TPSA) is 73.1 Å². The fraction of sp³-hybridized carbons (Fsp3) is 0.273. The number of hydrogen-bond acceptors (Lipinski definition) is 6. The van der Waals surface area contributed by atoms with E-state index in [-0.39, 0.29) is 6.10 Å². The van der Waals surface area contributed by atoms with Gasteiger partial charge in [0.1, 0.15) is 11.9 Å². The normalized spacial score (nSPS) is 17.5. The second-order valence-corrected chi connectivity index (χ2v) is 4.64. The summed E-state index contributed by atoms with van der Waals surface area (Å²) in [7, 11) is 0. The lowest BCUT2D eigenvalue weighted by molar-refractivity contribution is 0.246. The van der Waals surface area contributed by atoms with Crippen LogP contribution in [0.15, 0.2) is 24.3 Å². The van der Waals surface area contributed by atoms with Gasteiger partial charge in [0.15, 0.2) is 0 Å². The van der Waals surface area contributed by atoms with Crippen LogP contribution in [-0.4, -0.2) is 22.0 Å². The van der Waals surface area contributed by atoms with Crippen molar-refractivity contribution in [3.8, 4) is 5.75 Å². The van der Waals surface area contributed by atoms with Gasteiger partial charge in [-0.1, -0.05) is 18.2 Å². The van der Waals surface area contributed by atoms with Crippen molar-refractivity contribution in [2.24, 2.45) is 0 Å². The first kappa shape index (κ1) is 10.3. The number of fused-ring (bicyclic) bond motifs is 1. The van der Waals surface area contributed by atoms with E-state index in [9.17, 15) is 0 Å². The third-order valence-corrected chi connectivity index (χ3v) is 3.32. The zero-order valence-corrected chi connectivity index (χ0v) is 9.91. The predicted octanol–water partition coefficient (Wildman–Crippen LogP) is 1.54. The predicted molar refractivity (Wildman–Crippen MR) is 67.4 cm³/mol. The molecular formula is C11H12N4OS. The highest BCUT2D eigenvalue weighted by Crippen LogP contribution is 2.28. The zero-order chi connectivity index (χ0) is 11.7. The minimum atomic E-state index is 0.150. The molecule has 2 aromatic rings. The Morgan fingerprint density at radius 2 is 2.35 bits per heavy atom. The molecule has 1 aromatic heterocycles. The van der Waals surface area contributed by atoms with Crippen molar-refractivity contribution >= 4 is 22.6 Å². The highest BCUT2D eigenvalue weighted by Gasteiger charge is 2.22. The van der Waals surface area contributed by atoms with Crippen molar-refractivity contribution in [3.63, 3.8) is 0 Å². The maximum Gasteiger partial charge on any atom is 0.233 e. The Kier molecular flexibility index (Phi) is 2.56. The van der Waals surface area contributed by atoms with E-state index in [0.29, 0.717) is 12.5 Å².